The summed E-state index contributed by atoms with van der Waals surface area (Å²) >= 11 is 6.51. The summed E-state index contributed by atoms with van der Waals surface area (Å²) < 4.78 is 11.0. The smallest absolute Gasteiger partial charge is 0.191 e. The van der Waals surface area contributed by atoms with E-state index in [4.69, 9.17) is 21.1 Å². The summed E-state index contributed by atoms with van der Waals surface area (Å²) in [4.78, 5) is 4.35. The molecule has 5 nitrogen and oxygen atoms in total. The van der Waals surface area contributed by atoms with Crippen LogP contribution in [0.2, 0.25) is 5.02 Å². The Kier molecular flexibility index (Phi) is 12.3. The van der Waals surface area contributed by atoms with Crippen LogP contribution in [0, 0.1) is 0 Å². The van der Waals surface area contributed by atoms with Crippen LogP contribution in [-0.4, -0.2) is 52.5 Å². The van der Waals surface area contributed by atoms with Gasteiger partial charge in [-0.05, 0) is 44.2 Å². The Morgan fingerprint density at radius 1 is 1.22 bits per heavy atom. The average Bonchev–Trinajstić information content (AvgIpc) is 2.68. The van der Waals surface area contributed by atoms with Crippen molar-refractivity contribution in [1.29, 1.82) is 0 Å². The molecule has 1 aromatic carbocycles. The molecule has 0 spiro atoms. The van der Waals surface area contributed by atoms with Crippen LogP contribution in [0.25, 0.3) is 0 Å². The Labute approximate surface area is 185 Å². The summed E-state index contributed by atoms with van der Waals surface area (Å²) in [6.07, 6.45) is 4.02. The highest BCUT2D eigenvalue weighted by Gasteiger charge is 2.36. The van der Waals surface area contributed by atoms with Crippen LogP contribution in [0.3, 0.4) is 0 Å². The van der Waals surface area contributed by atoms with Crippen LogP contribution in [0.5, 0.6) is 0 Å². The van der Waals surface area contributed by atoms with Gasteiger partial charge in [0.15, 0.2) is 5.96 Å². The Bertz CT molecular complexity index is 566. The SMILES string of the molecule is CCOCCCCNC(=NC)NCC1(c2ccccc2Cl)CCOCC1.I. The molecule has 0 unspecified atom stereocenters. The third kappa shape index (κ3) is 7.75. The summed E-state index contributed by atoms with van der Waals surface area (Å²) in [5, 5.41) is 7.72. The Morgan fingerprint density at radius 3 is 2.63 bits per heavy atom. The number of halogens is 2. The first-order valence-corrected chi connectivity index (χ1v) is 9.94. The number of hydrogen-bond acceptors (Lipinski definition) is 3. The standard InChI is InChI=1S/C20H32ClN3O2.HI/c1-3-25-13-7-6-12-23-19(22-2)24-16-20(10-14-26-15-11-20)17-8-4-5-9-18(17)21;/h4-5,8-9H,3,6-7,10-16H2,1-2H3,(H2,22,23,24);1H. The lowest BCUT2D eigenvalue weighted by atomic mass is 9.74. The molecule has 2 N–H and O–H groups in total. The van der Waals surface area contributed by atoms with Crippen LogP contribution < -0.4 is 10.6 Å². The summed E-state index contributed by atoms with van der Waals surface area (Å²) in [6, 6.07) is 8.15. The molecule has 0 aliphatic carbocycles. The summed E-state index contributed by atoms with van der Waals surface area (Å²) in [5.41, 5.74) is 1.17. The molecule has 0 aromatic heterocycles. The fraction of sp³-hybridized carbons (Fsp3) is 0.650. The van der Waals surface area contributed by atoms with Gasteiger partial charge in [-0.15, -0.1) is 24.0 Å². The molecule has 0 atom stereocenters. The molecular weight excluding hydrogens is 477 g/mol. The van der Waals surface area contributed by atoms with Gasteiger partial charge in [0.2, 0.25) is 0 Å². The molecule has 1 aliphatic heterocycles. The quantitative estimate of drug-likeness (QED) is 0.229. The highest BCUT2D eigenvalue weighted by atomic mass is 127. The Balaban J connectivity index is 0.00000364. The Morgan fingerprint density at radius 2 is 1.96 bits per heavy atom. The molecule has 0 saturated carbocycles. The van der Waals surface area contributed by atoms with Gasteiger partial charge in [-0.1, -0.05) is 29.8 Å². The van der Waals surface area contributed by atoms with E-state index < -0.39 is 0 Å². The minimum Gasteiger partial charge on any atom is -0.382 e. The second-order valence-electron chi connectivity index (χ2n) is 6.63. The zero-order chi connectivity index (χ0) is 18.7. The molecule has 1 fully saturated rings. The second kappa shape index (κ2) is 13.6. The zero-order valence-corrected chi connectivity index (χ0v) is 19.5. The number of aliphatic imine (C=N–C) groups is 1. The number of unbranched alkanes of at least 4 members (excludes halogenated alkanes) is 1. The maximum Gasteiger partial charge on any atom is 0.191 e. The van der Waals surface area contributed by atoms with Crippen molar-refractivity contribution >= 4 is 41.5 Å². The van der Waals surface area contributed by atoms with Crippen molar-refractivity contribution in [2.75, 3.05) is 46.6 Å². The maximum absolute atomic E-state index is 6.51. The number of nitrogens with one attached hydrogen (secondary N) is 2. The number of ether oxygens (including phenoxy) is 2. The van der Waals surface area contributed by atoms with Gasteiger partial charge in [0.1, 0.15) is 0 Å². The minimum absolute atomic E-state index is 0. The van der Waals surface area contributed by atoms with Crippen LogP contribution in [0.4, 0.5) is 0 Å². The first-order chi connectivity index (χ1) is 12.7. The van der Waals surface area contributed by atoms with E-state index in [1.807, 2.05) is 26.1 Å². The van der Waals surface area contributed by atoms with Gasteiger partial charge in [0.25, 0.3) is 0 Å². The van der Waals surface area contributed by atoms with Crippen LogP contribution >= 0.6 is 35.6 Å². The molecule has 0 bridgehead atoms. The molecule has 7 heteroatoms. The molecule has 154 valence electrons. The van der Waals surface area contributed by atoms with Gasteiger partial charge in [0.05, 0.1) is 0 Å². The molecule has 0 radical (unpaired) electrons. The maximum atomic E-state index is 6.51. The van der Waals surface area contributed by atoms with Crippen molar-refractivity contribution in [2.45, 2.75) is 38.0 Å². The van der Waals surface area contributed by atoms with E-state index in [2.05, 4.69) is 27.8 Å². The number of benzene rings is 1. The van der Waals surface area contributed by atoms with Gasteiger partial charge in [-0.3, -0.25) is 4.99 Å². The van der Waals surface area contributed by atoms with Crippen LogP contribution in [0.1, 0.15) is 38.2 Å². The molecule has 27 heavy (non-hydrogen) atoms. The number of hydrogen-bond donors (Lipinski definition) is 2. The van der Waals surface area contributed by atoms with Crippen molar-refractivity contribution in [3.63, 3.8) is 0 Å². The number of guanidine groups is 1. The molecule has 1 saturated heterocycles. The van der Waals surface area contributed by atoms with Gasteiger partial charge >= 0.3 is 0 Å². The molecular formula is C20H33ClIN3O2. The molecule has 2 rings (SSSR count). The number of nitrogens with zero attached hydrogens (tertiary/aromatic N) is 1. The van der Waals surface area contributed by atoms with Crippen molar-refractivity contribution < 1.29 is 9.47 Å². The van der Waals surface area contributed by atoms with E-state index in [0.717, 1.165) is 76.2 Å². The predicted octanol–water partition coefficient (Wildman–Crippen LogP) is 3.99. The normalized spacial score (nSPS) is 16.5. The lowest BCUT2D eigenvalue weighted by Gasteiger charge is -2.38. The zero-order valence-electron chi connectivity index (χ0n) is 16.4. The molecule has 1 heterocycles. The Hall–Kier alpha value is -0.570. The fourth-order valence-corrected chi connectivity index (χ4v) is 3.68. The first-order valence-electron chi connectivity index (χ1n) is 9.57. The molecule has 0 amide bonds. The van der Waals surface area contributed by atoms with Crippen molar-refractivity contribution in [3.05, 3.63) is 34.9 Å². The van der Waals surface area contributed by atoms with Crippen LogP contribution in [-0.2, 0) is 14.9 Å². The van der Waals surface area contributed by atoms with Crippen molar-refractivity contribution in [1.82, 2.24) is 10.6 Å². The van der Waals surface area contributed by atoms with Gasteiger partial charge < -0.3 is 20.1 Å². The van der Waals surface area contributed by atoms with Gasteiger partial charge in [-0.25, -0.2) is 0 Å². The molecule has 1 aromatic rings. The lowest BCUT2D eigenvalue weighted by molar-refractivity contribution is 0.0514. The van der Waals surface area contributed by atoms with E-state index in [-0.39, 0.29) is 29.4 Å². The molecule has 1 aliphatic rings. The van der Waals surface area contributed by atoms with Crippen molar-refractivity contribution in [3.8, 4) is 0 Å². The highest BCUT2D eigenvalue weighted by Crippen LogP contribution is 2.38. The topological polar surface area (TPSA) is 54.9 Å². The predicted molar refractivity (Wildman–Crippen MR) is 124 cm³/mol. The fourth-order valence-electron chi connectivity index (χ4n) is 3.35. The second-order valence-corrected chi connectivity index (χ2v) is 7.04. The highest BCUT2D eigenvalue weighted by molar-refractivity contribution is 14.0. The first kappa shape index (κ1) is 24.5. The summed E-state index contributed by atoms with van der Waals surface area (Å²) in [5.74, 6) is 0.833. The lowest BCUT2D eigenvalue weighted by Crippen LogP contribution is -2.48. The van der Waals surface area contributed by atoms with Gasteiger partial charge in [-0.2, -0.15) is 0 Å². The third-order valence-corrected chi connectivity index (χ3v) is 5.25. The van der Waals surface area contributed by atoms with E-state index >= 15 is 0 Å². The largest absolute Gasteiger partial charge is 0.382 e. The van der Waals surface area contributed by atoms with E-state index in [1.165, 1.54) is 5.56 Å². The monoisotopic (exact) mass is 509 g/mol. The van der Waals surface area contributed by atoms with E-state index in [0.29, 0.717) is 0 Å². The number of rotatable bonds is 9. The average molecular weight is 510 g/mol. The van der Waals surface area contributed by atoms with Crippen molar-refractivity contribution in [2.24, 2.45) is 4.99 Å². The minimum atomic E-state index is -0.0246. The third-order valence-electron chi connectivity index (χ3n) is 4.92. The summed E-state index contributed by atoms with van der Waals surface area (Å²) in [6.45, 7) is 6.82. The van der Waals surface area contributed by atoms with E-state index in [9.17, 15) is 0 Å². The van der Waals surface area contributed by atoms with E-state index in [1.54, 1.807) is 0 Å². The van der Waals surface area contributed by atoms with Gasteiger partial charge in [0, 0.05) is 57.0 Å². The summed E-state index contributed by atoms with van der Waals surface area (Å²) in [7, 11) is 1.81. The van der Waals surface area contributed by atoms with Crippen LogP contribution in [0.15, 0.2) is 29.3 Å².